The molecule has 0 aliphatic rings. The minimum atomic E-state index is -1.11. The second-order valence-electron chi connectivity index (χ2n) is 5.07. The summed E-state index contributed by atoms with van der Waals surface area (Å²) < 4.78 is 10.2. The van der Waals surface area contributed by atoms with Crippen LogP contribution in [0.15, 0.2) is 34.9 Å². The van der Waals surface area contributed by atoms with Gasteiger partial charge in [0, 0.05) is 30.7 Å². The van der Waals surface area contributed by atoms with Crippen molar-refractivity contribution >= 4 is 23.5 Å². The van der Waals surface area contributed by atoms with Crippen LogP contribution in [0.3, 0.4) is 0 Å². The van der Waals surface area contributed by atoms with E-state index in [1.165, 1.54) is 13.4 Å². The van der Waals surface area contributed by atoms with Gasteiger partial charge in [-0.05, 0) is 24.3 Å². The molecule has 0 bridgehead atoms. The lowest BCUT2D eigenvalue weighted by atomic mass is 10.2. The van der Waals surface area contributed by atoms with Crippen molar-refractivity contribution in [2.45, 2.75) is 18.9 Å². The third-order valence-corrected chi connectivity index (χ3v) is 3.48. The monoisotopic (exact) mass is 352 g/mol. The molecule has 0 aliphatic carbocycles. The van der Waals surface area contributed by atoms with Crippen LogP contribution in [0.5, 0.6) is 0 Å². The lowest BCUT2D eigenvalue weighted by Gasteiger charge is -2.13. The van der Waals surface area contributed by atoms with Gasteiger partial charge in [-0.25, -0.2) is 9.78 Å². The van der Waals surface area contributed by atoms with Crippen molar-refractivity contribution in [1.82, 2.24) is 10.3 Å². The van der Waals surface area contributed by atoms with E-state index >= 15 is 0 Å². The van der Waals surface area contributed by atoms with Crippen LogP contribution < -0.4 is 5.32 Å². The Morgan fingerprint density at radius 3 is 2.71 bits per heavy atom. The molecule has 1 aromatic carbocycles. The summed E-state index contributed by atoms with van der Waals surface area (Å²) in [6.45, 7) is 0.238. The zero-order valence-corrected chi connectivity index (χ0v) is 13.7. The van der Waals surface area contributed by atoms with Crippen molar-refractivity contribution in [3.8, 4) is 11.5 Å². The maximum Gasteiger partial charge on any atom is 0.326 e. The number of benzene rings is 1. The summed E-state index contributed by atoms with van der Waals surface area (Å²) in [5.41, 5.74) is 1.14. The summed E-state index contributed by atoms with van der Waals surface area (Å²) in [6, 6.07) is 5.92. The zero-order chi connectivity index (χ0) is 17.5. The molecule has 128 valence electrons. The third-order valence-electron chi connectivity index (χ3n) is 3.23. The standard InChI is InChI=1S/C16H17ClN2O5/c1-23-7-6-13(16(21)22)19-14(20)8-12-9-24-15(18-12)10-2-4-11(17)5-3-10/h2-5,9,13H,6-8H2,1H3,(H,19,20)(H,21,22). The van der Waals surface area contributed by atoms with Gasteiger partial charge in [0.2, 0.25) is 11.8 Å². The summed E-state index contributed by atoms with van der Waals surface area (Å²) in [7, 11) is 1.47. The van der Waals surface area contributed by atoms with Crippen LogP contribution in [0, 0.1) is 0 Å². The van der Waals surface area contributed by atoms with Crippen LogP contribution in [0.2, 0.25) is 5.02 Å². The molecule has 0 radical (unpaired) electrons. The summed E-state index contributed by atoms with van der Waals surface area (Å²) in [4.78, 5) is 27.3. The average molecular weight is 353 g/mol. The molecule has 0 saturated carbocycles. The summed E-state index contributed by atoms with van der Waals surface area (Å²) >= 11 is 5.82. The molecule has 1 amide bonds. The van der Waals surface area contributed by atoms with Crippen LogP contribution in [0.1, 0.15) is 12.1 Å². The van der Waals surface area contributed by atoms with Crippen LogP contribution >= 0.6 is 11.6 Å². The topological polar surface area (TPSA) is 102 Å². The molecule has 0 fully saturated rings. The Hall–Kier alpha value is -2.38. The zero-order valence-electron chi connectivity index (χ0n) is 13.0. The predicted octanol–water partition coefficient (Wildman–Crippen LogP) is 2.14. The maximum atomic E-state index is 12.0. The molecule has 0 aliphatic heterocycles. The van der Waals surface area contributed by atoms with Gasteiger partial charge in [0.15, 0.2) is 0 Å². The molecule has 1 unspecified atom stereocenters. The number of nitrogens with one attached hydrogen (secondary N) is 1. The first kappa shape index (κ1) is 18.0. The van der Waals surface area contributed by atoms with Crippen LogP contribution in [-0.2, 0) is 20.7 Å². The van der Waals surface area contributed by atoms with Gasteiger partial charge in [-0.1, -0.05) is 11.6 Å². The fourth-order valence-electron chi connectivity index (χ4n) is 2.02. The molecule has 0 saturated heterocycles. The fourth-order valence-corrected chi connectivity index (χ4v) is 2.14. The molecule has 0 spiro atoms. The van der Waals surface area contributed by atoms with Crippen LogP contribution in [0.4, 0.5) is 0 Å². The molecule has 2 aromatic rings. The highest BCUT2D eigenvalue weighted by Gasteiger charge is 2.20. The molecule has 8 heteroatoms. The molecule has 2 rings (SSSR count). The molecule has 24 heavy (non-hydrogen) atoms. The van der Waals surface area contributed by atoms with Gasteiger partial charge in [0.05, 0.1) is 12.1 Å². The van der Waals surface area contributed by atoms with Crippen molar-refractivity contribution in [3.63, 3.8) is 0 Å². The number of aliphatic carboxylic acids is 1. The number of carboxylic acid groups (broad SMARTS) is 1. The van der Waals surface area contributed by atoms with E-state index in [0.717, 1.165) is 5.56 Å². The average Bonchev–Trinajstić information content (AvgIpc) is 3.00. The van der Waals surface area contributed by atoms with Crippen molar-refractivity contribution in [2.24, 2.45) is 0 Å². The highest BCUT2D eigenvalue weighted by atomic mass is 35.5. The van der Waals surface area contributed by atoms with E-state index in [-0.39, 0.29) is 19.4 Å². The van der Waals surface area contributed by atoms with Crippen LogP contribution in [0.25, 0.3) is 11.5 Å². The highest BCUT2D eigenvalue weighted by molar-refractivity contribution is 6.30. The van der Waals surface area contributed by atoms with E-state index < -0.39 is 17.9 Å². The molecule has 1 heterocycles. The van der Waals surface area contributed by atoms with Gasteiger partial charge in [0.25, 0.3) is 0 Å². The maximum absolute atomic E-state index is 12.0. The third kappa shape index (κ3) is 5.07. The normalized spacial score (nSPS) is 11.9. The fraction of sp³-hybridized carbons (Fsp3) is 0.312. The van der Waals surface area contributed by atoms with Gasteiger partial charge in [-0.2, -0.15) is 0 Å². The smallest absolute Gasteiger partial charge is 0.326 e. The second kappa shape index (κ2) is 8.47. The lowest BCUT2D eigenvalue weighted by Crippen LogP contribution is -2.42. The highest BCUT2D eigenvalue weighted by Crippen LogP contribution is 2.21. The first-order valence-corrected chi connectivity index (χ1v) is 7.59. The van der Waals surface area contributed by atoms with E-state index in [1.54, 1.807) is 24.3 Å². The van der Waals surface area contributed by atoms with Crippen molar-refractivity contribution in [1.29, 1.82) is 0 Å². The Bertz CT molecular complexity index is 699. The number of carbonyl (C=O) groups is 2. The number of hydrogen-bond acceptors (Lipinski definition) is 5. The first-order chi connectivity index (χ1) is 11.5. The summed E-state index contributed by atoms with van der Waals surface area (Å²) in [6.07, 6.45) is 1.48. The number of nitrogens with zero attached hydrogens (tertiary/aromatic N) is 1. The number of amides is 1. The number of carbonyl (C=O) groups excluding carboxylic acids is 1. The van der Waals surface area contributed by atoms with Crippen molar-refractivity contribution in [2.75, 3.05) is 13.7 Å². The predicted molar refractivity (Wildman–Crippen MR) is 86.7 cm³/mol. The van der Waals surface area contributed by atoms with Gasteiger partial charge >= 0.3 is 5.97 Å². The SMILES string of the molecule is COCCC(NC(=O)Cc1coc(-c2ccc(Cl)cc2)n1)C(=O)O. The largest absolute Gasteiger partial charge is 0.480 e. The molecule has 7 nitrogen and oxygen atoms in total. The molecule has 1 aromatic heterocycles. The van der Waals surface area contributed by atoms with Crippen LogP contribution in [-0.4, -0.2) is 41.7 Å². The lowest BCUT2D eigenvalue weighted by molar-refractivity contribution is -0.142. The van der Waals surface area contributed by atoms with Crippen molar-refractivity contribution in [3.05, 3.63) is 41.2 Å². The van der Waals surface area contributed by atoms with E-state index in [9.17, 15) is 9.59 Å². The Balaban J connectivity index is 1.97. The number of methoxy groups -OCH3 is 1. The number of aromatic nitrogens is 1. The van der Waals surface area contributed by atoms with Crippen molar-refractivity contribution < 1.29 is 23.8 Å². The van der Waals surface area contributed by atoms with E-state index in [4.69, 9.17) is 25.9 Å². The molecular formula is C16H17ClN2O5. The summed E-state index contributed by atoms with van der Waals surface area (Å²) in [5, 5.41) is 12.1. The van der Waals surface area contributed by atoms with Gasteiger partial charge in [-0.15, -0.1) is 0 Å². The quantitative estimate of drug-likeness (QED) is 0.754. The number of ether oxygens (including phenoxy) is 1. The number of halogens is 1. The number of oxazole rings is 1. The first-order valence-electron chi connectivity index (χ1n) is 7.21. The van der Waals surface area contributed by atoms with Gasteiger partial charge < -0.3 is 19.6 Å². The van der Waals surface area contributed by atoms with Gasteiger partial charge in [-0.3, -0.25) is 4.79 Å². The Morgan fingerprint density at radius 1 is 1.38 bits per heavy atom. The Labute approximate surface area is 143 Å². The summed E-state index contributed by atoms with van der Waals surface area (Å²) in [5.74, 6) is -1.19. The minimum Gasteiger partial charge on any atom is -0.480 e. The molecule has 2 N–H and O–H groups in total. The number of carboxylic acids is 1. The van der Waals surface area contributed by atoms with E-state index in [1.807, 2.05) is 0 Å². The van der Waals surface area contributed by atoms with E-state index in [0.29, 0.717) is 16.6 Å². The molecular weight excluding hydrogens is 336 g/mol. The minimum absolute atomic E-state index is 0.0755. The Morgan fingerprint density at radius 2 is 2.08 bits per heavy atom. The second-order valence-corrected chi connectivity index (χ2v) is 5.50. The van der Waals surface area contributed by atoms with E-state index in [2.05, 4.69) is 10.3 Å². The Kier molecular flexibility index (Phi) is 6.34. The number of hydrogen-bond donors (Lipinski definition) is 2. The number of rotatable bonds is 8. The van der Waals surface area contributed by atoms with Gasteiger partial charge in [0.1, 0.15) is 12.3 Å². The molecule has 1 atom stereocenters.